The topological polar surface area (TPSA) is 192 Å². The Morgan fingerprint density at radius 2 is 0.234 bits per heavy atom. The number of aliphatic carboxylic acids is 4. The fraction of sp³-hybridized carbons (Fsp3) is 0.0500. The van der Waals surface area contributed by atoms with Crippen LogP contribution in [0.5, 0.6) is 0 Å². The van der Waals surface area contributed by atoms with Crippen molar-refractivity contribution in [3.63, 3.8) is 0 Å². The van der Waals surface area contributed by atoms with Gasteiger partial charge in [-0.25, -0.2) is 0 Å². The fourth-order valence-corrected chi connectivity index (χ4v) is 19.6. The average molecular weight is 1730 g/mol. The summed E-state index contributed by atoms with van der Waals surface area (Å²) in [6.07, 6.45) is -20.8. The van der Waals surface area contributed by atoms with Gasteiger partial charge in [0.15, 0.2) is 0 Å². The quantitative estimate of drug-likeness (QED) is 0.0657. The summed E-state index contributed by atoms with van der Waals surface area (Å²) in [6.45, 7) is 0. The van der Waals surface area contributed by atoms with Crippen LogP contribution in [0.25, 0.3) is 0 Å². The van der Waals surface area contributed by atoms with Gasteiger partial charge in [0, 0.05) is 0 Å². The van der Waals surface area contributed by atoms with Crippen LogP contribution in [0.2, 0.25) is 0 Å². The van der Waals surface area contributed by atoms with Gasteiger partial charge < -0.3 is 45.1 Å². The molecule has 0 fully saturated rings. The molecule has 0 heterocycles. The summed E-state index contributed by atoms with van der Waals surface area (Å²) in [5.41, 5.74) is 0. The number of carbonyl (C=O) groups is 4. The second-order valence-electron chi connectivity index (χ2n) is 21.0. The normalized spacial score (nSPS) is 10.5. The number of halogens is 12. The molecule has 12 aromatic carbocycles. The minimum absolute atomic E-state index is 0. The van der Waals surface area contributed by atoms with E-state index in [1.54, 1.807) is 0 Å². The minimum Gasteiger partial charge on any atom is -0.542 e. The van der Waals surface area contributed by atoms with E-state index in [9.17, 15) is 52.7 Å². The molecule has 0 radical (unpaired) electrons. The van der Waals surface area contributed by atoms with Crippen LogP contribution >= 0.6 is 31.7 Å². The SMILES string of the molecule is O.O=C([O-])C(F)(F)F.O=C([O-])C(F)(F)F.O=C([O-])C(F)(F)F.O=C([O-])C(F)(F)F.[Ru+2].[Ru+2].c1ccc([PH+](c2ccccc2)c2ccccc2)cc1.c1ccc([PH+](c2ccccc2)c2ccccc2)cc1.c1ccc([PH+](c2ccccc2)c2ccccc2)cc1.c1ccc([PH+](c2ccccc2)c2ccccc2)cc1. The summed E-state index contributed by atoms with van der Waals surface area (Å²) in [5, 5.41) is 52.4. The zero-order valence-electron chi connectivity index (χ0n) is 55.6. The van der Waals surface area contributed by atoms with Crippen molar-refractivity contribution in [3.8, 4) is 0 Å². The van der Waals surface area contributed by atoms with E-state index in [0.717, 1.165) is 0 Å². The molecule has 2 N–H and O–H groups in total. The molecule has 0 aromatic heterocycles. The molecule has 9 nitrogen and oxygen atoms in total. The standard InChI is InChI=1S/4C18H15P.4C2HF3O2.H2O.2Ru/c4*1-4-10-16(11-5-1)19(17-12-6-2-7-13-17)18-14-8-3-9-15-18;4*3-2(4,5)1(6)7;;;/h4*1-15H;4*(H,6,7);1H2;;/q;;;;;;;;;2*+2. The van der Waals surface area contributed by atoms with E-state index in [4.69, 9.17) is 39.6 Å². The largest absolute Gasteiger partial charge is 2.00 e. The van der Waals surface area contributed by atoms with Gasteiger partial charge in [0.25, 0.3) is 0 Å². The number of carbonyl (C=O) groups excluding carboxylic acids is 4. The van der Waals surface area contributed by atoms with Crippen LogP contribution < -0.4 is 84.1 Å². The van der Waals surface area contributed by atoms with Crippen molar-refractivity contribution >= 4 is 119 Å². The van der Waals surface area contributed by atoms with Crippen LogP contribution in [0.15, 0.2) is 364 Å². The summed E-state index contributed by atoms with van der Waals surface area (Å²) >= 11 is 0. The van der Waals surface area contributed by atoms with Gasteiger partial charge in [-0.2, -0.15) is 52.7 Å². The first-order chi connectivity index (χ1) is 49.6. The van der Waals surface area contributed by atoms with E-state index in [-0.39, 0.29) is 44.4 Å². The molecule has 0 aliphatic rings. The Hall–Kier alpha value is -9.39. The summed E-state index contributed by atoms with van der Waals surface area (Å²) in [4.78, 5) is 35.1. The molecule has 0 aliphatic heterocycles. The Labute approximate surface area is 640 Å². The number of benzene rings is 12. The number of rotatable bonds is 12. The first kappa shape index (κ1) is 93.7. The summed E-state index contributed by atoms with van der Waals surface area (Å²) in [7, 11) is -3.51. The van der Waals surface area contributed by atoms with Crippen LogP contribution in [-0.2, 0) is 58.1 Å². The maximum Gasteiger partial charge on any atom is 2.00 e. The molecular weight excluding hydrogens is 1660 g/mol. The number of hydrogen-bond acceptors (Lipinski definition) is 8. The van der Waals surface area contributed by atoms with Crippen molar-refractivity contribution < 1.29 is 137 Å². The number of carboxylic acids is 4. The van der Waals surface area contributed by atoms with Gasteiger partial charge in [0.05, 0.1) is 31.7 Å². The Morgan fingerprint density at radius 1 is 0.178 bits per heavy atom. The van der Waals surface area contributed by atoms with Gasteiger partial charge in [0.2, 0.25) is 0 Å². The van der Waals surface area contributed by atoms with E-state index >= 15 is 0 Å². The predicted molar refractivity (Wildman–Crippen MR) is 394 cm³/mol. The molecule has 0 saturated heterocycles. The Balaban J connectivity index is 0.000000430. The van der Waals surface area contributed by atoms with Crippen molar-refractivity contribution in [2.75, 3.05) is 0 Å². The third kappa shape index (κ3) is 34.4. The first-order valence-electron chi connectivity index (χ1n) is 30.8. The van der Waals surface area contributed by atoms with Crippen LogP contribution in [0.3, 0.4) is 0 Å². The molecule has 0 spiro atoms. The molecule has 0 amide bonds. The van der Waals surface area contributed by atoms with Crippen LogP contribution in [-0.4, -0.2) is 54.1 Å². The van der Waals surface area contributed by atoms with E-state index in [2.05, 4.69) is 364 Å². The Morgan fingerprint density at radius 3 is 0.280 bits per heavy atom. The molecule has 0 bridgehead atoms. The van der Waals surface area contributed by atoms with E-state index in [1.807, 2.05) is 0 Å². The van der Waals surface area contributed by atoms with Crippen molar-refractivity contribution in [3.05, 3.63) is 364 Å². The zero-order chi connectivity index (χ0) is 76.0. The monoisotopic (exact) mass is 1730 g/mol. The molecule has 0 unspecified atom stereocenters. The smallest absolute Gasteiger partial charge is 0.542 e. The van der Waals surface area contributed by atoms with Gasteiger partial charge >= 0.3 is 63.7 Å². The zero-order valence-corrected chi connectivity index (χ0v) is 63.1. The van der Waals surface area contributed by atoms with Gasteiger partial charge in [0.1, 0.15) is 87.5 Å². The molecule has 0 aliphatic carbocycles. The third-order valence-electron chi connectivity index (χ3n) is 13.7. The van der Waals surface area contributed by atoms with Gasteiger partial charge in [-0.05, 0) is 146 Å². The molecule has 27 heteroatoms. The van der Waals surface area contributed by atoms with Crippen LogP contribution in [0.1, 0.15) is 0 Å². The second kappa shape index (κ2) is 48.7. The van der Waals surface area contributed by atoms with E-state index in [1.165, 1.54) is 63.7 Å². The number of hydrogen-bond donors (Lipinski definition) is 0. The predicted octanol–water partition coefficient (Wildman–Crippen LogP) is 9.07. The molecule has 12 rings (SSSR count). The number of carboxylic acid groups (broad SMARTS) is 4. The average Bonchev–Trinajstić information content (AvgIpc) is 0.839. The fourth-order valence-electron chi connectivity index (χ4n) is 9.26. The first-order valence-corrected chi connectivity index (χ1v) is 36.8. The van der Waals surface area contributed by atoms with Gasteiger partial charge in [-0.1, -0.05) is 218 Å². The maximum absolute atomic E-state index is 10.5. The molecular formula is C80H66F12O9P4Ru2+4. The summed E-state index contributed by atoms with van der Waals surface area (Å²) < 4.78 is 126. The third-order valence-corrected chi connectivity index (χ3v) is 24.6. The molecule has 107 heavy (non-hydrogen) atoms. The van der Waals surface area contributed by atoms with Crippen molar-refractivity contribution in [2.45, 2.75) is 24.7 Å². The van der Waals surface area contributed by atoms with Crippen LogP contribution in [0.4, 0.5) is 52.7 Å². The Kier molecular flexibility index (Phi) is 42.7. The van der Waals surface area contributed by atoms with Crippen molar-refractivity contribution in [2.24, 2.45) is 0 Å². The number of alkyl halides is 12. The maximum atomic E-state index is 10.5. The minimum atomic E-state index is -5.19. The van der Waals surface area contributed by atoms with Crippen molar-refractivity contribution in [1.82, 2.24) is 0 Å². The van der Waals surface area contributed by atoms with E-state index in [0.29, 0.717) is 0 Å². The van der Waals surface area contributed by atoms with Crippen LogP contribution in [0, 0.1) is 0 Å². The summed E-state index contributed by atoms with van der Waals surface area (Å²) in [5.74, 6) is -12.0. The second-order valence-corrected chi connectivity index (χ2v) is 31.0. The van der Waals surface area contributed by atoms with Crippen molar-refractivity contribution in [1.29, 1.82) is 0 Å². The molecule has 0 atom stereocenters. The molecule has 0 saturated carbocycles. The Bertz CT molecular complexity index is 3440. The van der Waals surface area contributed by atoms with Gasteiger partial charge in [-0.15, -0.1) is 0 Å². The van der Waals surface area contributed by atoms with E-state index < -0.39 is 80.3 Å². The molecule has 12 aromatic rings. The van der Waals surface area contributed by atoms with Gasteiger partial charge in [-0.3, -0.25) is 0 Å². The molecule has 556 valence electrons. The summed E-state index contributed by atoms with van der Waals surface area (Å²) in [6, 6.07) is 130.